The molecular formula is C16H21FN3O6PS. The lowest BCUT2D eigenvalue weighted by Crippen LogP contribution is -2.29. The summed E-state index contributed by atoms with van der Waals surface area (Å²) < 4.78 is 59.8. The molecule has 0 radical (unpaired) electrons. The van der Waals surface area contributed by atoms with Crippen LogP contribution in [0.4, 0.5) is 10.3 Å². The molecule has 0 fully saturated rings. The Morgan fingerprint density at radius 1 is 1.21 bits per heavy atom. The zero-order chi connectivity index (χ0) is 21.3. The van der Waals surface area contributed by atoms with E-state index in [1.54, 1.807) is 13.8 Å². The zero-order valence-corrected chi connectivity index (χ0v) is 17.7. The molecule has 1 unspecified atom stereocenters. The van der Waals surface area contributed by atoms with Crippen molar-refractivity contribution in [2.45, 2.75) is 19.8 Å². The fourth-order valence-corrected chi connectivity index (χ4v) is 3.29. The molecule has 0 spiro atoms. The molecule has 0 aliphatic carbocycles. The molecule has 1 aromatic heterocycles. The summed E-state index contributed by atoms with van der Waals surface area (Å²) in [5.41, 5.74) is 0.597. The van der Waals surface area contributed by atoms with E-state index in [4.69, 9.17) is 4.52 Å². The van der Waals surface area contributed by atoms with Crippen LogP contribution in [0.2, 0.25) is 0 Å². The summed E-state index contributed by atoms with van der Waals surface area (Å²) in [7, 11) is -5.95. The summed E-state index contributed by atoms with van der Waals surface area (Å²) >= 11 is 0. The Kier molecular flexibility index (Phi) is 6.44. The third-order valence-corrected chi connectivity index (χ3v) is 5.41. The van der Waals surface area contributed by atoms with Crippen molar-refractivity contribution >= 4 is 23.8 Å². The Labute approximate surface area is 162 Å². The maximum Gasteiger partial charge on any atom is 0.373 e. The number of benzene rings is 1. The molecule has 154 valence electrons. The predicted molar refractivity (Wildman–Crippen MR) is 102 cm³/mol. The van der Waals surface area contributed by atoms with Crippen LogP contribution >= 0.6 is 7.60 Å². The van der Waals surface area contributed by atoms with Crippen LogP contribution in [0, 0.1) is 5.82 Å². The fraction of sp³-hybridized carbons (Fsp3) is 0.375. The van der Waals surface area contributed by atoms with Gasteiger partial charge in [0, 0.05) is 19.3 Å². The van der Waals surface area contributed by atoms with Gasteiger partial charge >= 0.3 is 17.9 Å². The minimum atomic E-state index is -4.14. The van der Waals surface area contributed by atoms with Crippen LogP contribution in [-0.4, -0.2) is 44.1 Å². The van der Waals surface area contributed by atoms with Gasteiger partial charge in [0.25, 0.3) is 0 Å². The molecule has 1 aromatic carbocycles. The molecule has 2 aromatic rings. The van der Waals surface area contributed by atoms with Gasteiger partial charge in [-0.15, -0.1) is 0 Å². The van der Waals surface area contributed by atoms with Gasteiger partial charge in [-0.25, -0.2) is 23.2 Å². The third kappa shape index (κ3) is 5.05. The first-order valence-electron chi connectivity index (χ1n) is 8.08. The lowest BCUT2D eigenvalue weighted by atomic mass is 10.0. The summed E-state index contributed by atoms with van der Waals surface area (Å²) in [6.45, 7) is 4.49. The number of aromatic nitrogens is 2. The molecule has 0 bridgehead atoms. The second-order valence-electron chi connectivity index (χ2n) is 6.23. The Hall–Kier alpha value is -2.07. The summed E-state index contributed by atoms with van der Waals surface area (Å²) in [6.07, 6.45) is 0. The first kappa shape index (κ1) is 22.2. The van der Waals surface area contributed by atoms with Crippen molar-refractivity contribution in [2.24, 2.45) is 0 Å². The van der Waals surface area contributed by atoms with Gasteiger partial charge in [-0.3, -0.25) is 4.18 Å². The van der Waals surface area contributed by atoms with Gasteiger partial charge in [-0.2, -0.15) is 8.42 Å². The van der Waals surface area contributed by atoms with Crippen LogP contribution in [0.5, 0.6) is 5.75 Å². The number of halogens is 1. The second kappa shape index (κ2) is 8.12. The Morgan fingerprint density at radius 2 is 1.79 bits per heavy atom. The summed E-state index contributed by atoms with van der Waals surface area (Å²) in [6, 6.07) is 5.13. The molecule has 1 atom stereocenters. The molecule has 1 N–H and O–H groups in total. The van der Waals surface area contributed by atoms with Crippen molar-refractivity contribution < 1.29 is 31.0 Å². The monoisotopic (exact) mass is 433 g/mol. The third-order valence-electron chi connectivity index (χ3n) is 3.63. The highest BCUT2D eigenvalue weighted by Gasteiger charge is 2.28. The Morgan fingerprint density at radius 3 is 2.25 bits per heavy atom. The summed E-state index contributed by atoms with van der Waals surface area (Å²) in [5, 5.41) is 0. The molecular weight excluding hydrogens is 412 g/mol. The molecule has 0 aliphatic rings. The lowest BCUT2D eigenvalue weighted by molar-refractivity contribution is 0.383. The first-order valence-corrected chi connectivity index (χ1v) is 11.5. The van der Waals surface area contributed by atoms with Gasteiger partial charge in [0.15, 0.2) is 5.75 Å². The smallest absolute Gasteiger partial charge is 0.373 e. The maximum absolute atomic E-state index is 13.3. The average molecular weight is 433 g/mol. The van der Waals surface area contributed by atoms with Crippen molar-refractivity contribution in [3.63, 3.8) is 0 Å². The van der Waals surface area contributed by atoms with Gasteiger partial charge in [-0.05, 0) is 30.2 Å². The van der Waals surface area contributed by atoms with Crippen molar-refractivity contribution in [2.75, 3.05) is 25.1 Å². The summed E-state index contributed by atoms with van der Waals surface area (Å²) in [4.78, 5) is 18.1. The first-order chi connectivity index (χ1) is 12.9. The van der Waals surface area contributed by atoms with Crippen LogP contribution in [0.1, 0.15) is 25.5 Å². The van der Waals surface area contributed by atoms with E-state index in [0.29, 0.717) is 5.56 Å². The highest BCUT2D eigenvalue weighted by molar-refractivity contribution is 7.88. The van der Waals surface area contributed by atoms with Crippen LogP contribution in [-0.2, 0) is 19.1 Å². The van der Waals surface area contributed by atoms with Gasteiger partial charge in [0.1, 0.15) is 11.5 Å². The molecule has 1 heterocycles. The van der Waals surface area contributed by atoms with E-state index < -0.39 is 23.7 Å². The number of hydrogen-bond acceptors (Lipinski definition) is 7. The van der Waals surface area contributed by atoms with Gasteiger partial charge in [-0.1, -0.05) is 13.8 Å². The van der Waals surface area contributed by atoms with Gasteiger partial charge < -0.3 is 9.42 Å². The minimum Gasteiger partial charge on any atom is -0.420 e. The molecule has 2 rings (SSSR count). The van der Waals surface area contributed by atoms with E-state index in [1.807, 2.05) is 0 Å². The zero-order valence-electron chi connectivity index (χ0n) is 16.0. The molecule has 12 heteroatoms. The van der Waals surface area contributed by atoms with E-state index in [-0.39, 0.29) is 29.0 Å². The predicted octanol–water partition coefficient (Wildman–Crippen LogP) is 2.93. The quantitative estimate of drug-likeness (QED) is 0.662. The highest BCUT2D eigenvalue weighted by atomic mass is 32.2. The highest BCUT2D eigenvalue weighted by Crippen LogP contribution is 2.45. The molecule has 28 heavy (non-hydrogen) atoms. The van der Waals surface area contributed by atoms with Crippen LogP contribution in [0.3, 0.4) is 0 Å². The Balaban J connectivity index is 2.83. The normalized spacial score (nSPS) is 14.0. The SMILES string of the molecule is COS(=O)(=O)N(C)c1nc(-c2ccc(F)cc2)c(OP(C)(=O)O)c(C(C)C)n1. The van der Waals surface area contributed by atoms with E-state index in [2.05, 4.69) is 14.2 Å². The van der Waals surface area contributed by atoms with E-state index >= 15 is 0 Å². The van der Waals surface area contributed by atoms with Gasteiger partial charge in [0.05, 0.1) is 12.8 Å². The van der Waals surface area contributed by atoms with Crippen molar-refractivity contribution in [1.82, 2.24) is 9.97 Å². The number of rotatable bonds is 7. The van der Waals surface area contributed by atoms with Crippen LogP contribution in [0.15, 0.2) is 24.3 Å². The molecule has 0 saturated heterocycles. The van der Waals surface area contributed by atoms with E-state index in [1.165, 1.54) is 31.3 Å². The van der Waals surface area contributed by atoms with Crippen molar-refractivity contribution in [3.05, 3.63) is 35.8 Å². The number of hydrogen-bond donors (Lipinski definition) is 1. The van der Waals surface area contributed by atoms with Crippen LogP contribution in [0.25, 0.3) is 11.3 Å². The minimum absolute atomic E-state index is 0.0444. The number of anilines is 1. The topological polar surface area (TPSA) is 119 Å². The molecule has 0 aliphatic heterocycles. The Bertz CT molecular complexity index is 1010. The van der Waals surface area contributed by atoms with E-state index in [9.17, 15) is 22.3 Å². The lowest BCUT2D eigenvalue weighted by Gasteiger charge is -2.22. The molecule has 9 nitrogen and oxygen atoms in total. The number of nitrogens with zero attached hydrogens (tertiary/aromatic N) is 3. The summed E-state index contributed by atoms with van der Waals surface area (Å²) in [5.74, 6) is -1.13. The van der Waals surface area contributed by atoms with Crippen LogP contribution < -0.4 is 8.83 Å². The largest absolute Gasteiger partial charge is 0.420 e. The van der Waals surface area contributed by atoms with Crippen molar-refractivity contribution in [3.8, 4) is 17.0 Å². The average Bonchev–Trinajstić information content (AvgIpc) is 2.60. The molecule has 0 saturated carbocycles. The fourth-order valence-electron chi connectivity index (χ4n) is 2.26. The van der Waals surface area contributed by atoms with Crippen molar-refractivity contribution in [1.29, 1.82) is 0 Å². The van der Waals surface area contributed by atoms with Gasteiger partial charge in [0.2, 0.25) is 5.95 Å². The second-order valence-corrected chi connectivity index (χ2v) is 9.76. The maximum atomic E-state index is 13.3. The standard InChI is InChI=1S/C16H21FN3O6PS/c1-10(2)13-15(26-27(5,21)22)14(11-6-8-12(17)9-7-11)19-16(18-13)20(3)28(23,24)25-4/h6-10H,1-5H3,(H,21,22). The molecule has 0 amide bonds. The van der Waals surface area contributed by atoms with E-state index in [0.717, 1.165) is 18.1 Å².